The highest BCUT2D eigenvalue weighted by atomic mass is 16.4. The van der Waals surface area contributed by atoms with E-state index >= 15 is 0 Å². The Morgan fingerprint density at radius 1 is 1.12 bits per heavy atom. The van der Waals surface area contributed by atoms with E-state index in [1.165, 1.54) is 0 Å². The Bertz CT molecular complexity index is 551. The second-order valence-corrected chi connectivity index (χ2v) is 4.05. The molecule has 0 bridgehead atoms. The van der Waals surface area contributed by atoms with E-state index in [0.717, 1.165) is 20.8 Å². The smallest absolute Gasteiger partial charge is 0.300 e. The number of aryl methyl sites for hydroxylation is 1. The molecule has 0 saturated carbocycles. The fourth-order valence-corrected chi connectivity index (χ4v) is 0.800. The number of carboxylic acid groups (broad SMARTS) is 3. The van der Waals surface area contributed by atoms with Crippen molar-refractivity contribution in [3.63, 3.8) is 0 Å². The van der Waals surface area contributed by atoms with Crippen LogP contribution in [0.4, 0.5) is 0 Å². The van der Waals surface area contributed by atoms with Gasteiger partial charge in [0.05, 0.1) is 12.6 Å². The lowest BCUT2D eigenvalue weighted by molar-refractivity contribution is -0.135. The summed E-state index contributed by atoms with van der Waals surface area (Å²) in [5.74, 6) is -2.80. The number of aromatic nitrogens is 3. The molecule has 12 nitrogen and oxygen atoms in total. The van der Waals surface area contributed by atoms with E-state index in [9.17, 15) is 4.79 Å². The van der Waals surface area contributed by atoms with Gasteiger partial charge in [0.25, 0.3) is 17.9 Å². The predicted octanol–water partition coefficient (Wildman–Crippen LogP) is -0.382. The SMILES string of the molecule is CC(=O)O.CC(=O)O.CC(=O)O.Cn1cc(CNC(=O)CC#N)nn1. The molecule has 4 N–H and O–H groups in total. The van der Waals surface area contributed by atoms with E-state index in [4.69, 9.17) is 35.0 Å². The molecule has 0 aliphatic heterocycles. The molecular weight excluding hydrogens is 338 g/mol. The number of nitriles is 1. The summed E-state index contributed by atoms with van der Waals surface area (Å²) in [5.41, 5.74) is 0.675. The lowest BCUT2D eigenvalue weighted by atomic mass is 10.4. The fourth-order valence-electron chi connectivity index (χ4n) is 0.800. The lowest BCUT2D eigenvalue weighted by Crippen LogP contribution is -2.21. The van der Waals surface area contributed by atoms with Crippen LogP contribution < -0.4 is 5.32 Å². The van der Waals surface area contributed by atoms with Gasteiger partial charge in [0.1, 0.15) is 12.1 Å². The first-order valence-corrected chi connectivity index (χ1v) is 6.49. The molecule has 0 saturated heterocycles. The van der Waals surface area contributed by atoms with E-state index in [1.54, 1.807) is 24.0 Å². The Morgan fingerprint density at radius 3 is 1.80 bits per heavy atom. The summed E-state index contributed by atoms with van der Waals surface area (Å²) in [5, 5.41) is 40.4. The van der Waals surface area contributed by atoms with Crippen LogP contribution in [-0.2, 0) is 32.8 Å². The first-order chi connectivity index (χ1) is 11.4. The normalized spacial score (nSPS) is 7.80. The first kappa shape index (κ1) is 26.4. The molecule has 140 valence electrons. The van der Waals surface area contributed by atoms with E-state index in [-0.39, 0.29) is 12.3 Å². The maximum Gasteiger partial charge on any atom is 0.300 e. The van der Waals surface area contributed by atoms with Crippen LogP contribution in [0.25, 0.3) is 0 Å². The van der Waals surface area contributed by atoms with Gasteiger partial charge in [-0.15, -0.1) is 5.10 Å². The summed E-state index contributed by atoms with van der Waals surface area (Å²) in [4.78, 5) is 37.8. The number of amides is 1. The van der Waals surface area contributed by atoms with Gasteiger partial charge >= 0.3 is 0 Å². The molecule has 25 heavy (non-hydrogen) atoms. The summed E-state index contributed by atoms with van der Waals surface area (Å²) >= 11 is 0. The van der Waals surface area contributed by atoms with E-state index in [1.807, 2.05) is 0 Å². The van der Waals surface area contributed by atoms with Crippen molar-refractivity contribution in [2.45, 2.75) is 33.7 Å². The standard InChI is InChI=1S/C7H9N5O.3C2H4O2/c1-12-5-6(10-11-12)4-9-7(13)2-3-8;3*1-2(3)4/h5H,2,4H2,1H3,(H,9,13);3*1H3,(H,3,4). The molecular formula is C13H21N5O7. The molecule has 1 aromatic heterocycles. The number of carbonyl (C=O) groups is 4. The largest absolute Gasteiger partial charge is 0.481 e. The van der Waals surface area contributed by atoms with E-state index in [0.29, 0.717) is 12.2 Å². The van der Waals surface area contributed by atoms with Crippen LogP contribution in [0.1, 0.15) is 32.9 Å². The van der Waals surface area contributed by atoms with Crippen molar-refractivity contribution in [3.8, 4) is 6.07 Å². The van der Waals surface area contributed by atoms with E-state index in [2.05, 4.69) is 15.6 Å². The number of nitrogens with one attached hydrogen (secondary N) is 1. The van der Waals surface area contributed by atoms with Crippen molar-refractivity contribution in [2.24, 2.45) is 7.05 Å². The molecule has 0 unspecified atom stereocenters. The van der Waals surface area contributed by atoms with Gasteiger partial charge in [-0.2, -0.15) is 5.26 Å². The number of aliphatic carboxylic acids is 3. The van der Waals surface area contributed by atoms with Crippen LogP contribution in [0.15, 0.2) is 6.20 Å². The topological polar surface area (TPSA) is 195 Å². The zero-order chi connectivity index (χ0) is 20.4. The molecule has 1 rings (SSSR count). The minimum Gasteiger partial charge on any atom is -0.481 e. The maximum atomic E-state index is 10.8. The zero-order valence-corrected chi connectivity index (χ0v) is 14.3. The third-order valence-corrected chi connectivity index (χ3v) is 1.36. The van der Waals surface area contributed by atoms with Crippen molar-refractivity contribution >= 4 is 23.8 Å². The Balaban J connectivity index is -0.000000333. The van der Waals surface area contributed by atoms with Gasteiger partial charge in [-0.25, -0.2) is 0 Å². The highest BCUT2D eigenvalue weighted by Gasteiger charge is 2.01. The average Bonchev–Trinajstić information content (AvgIpc) is 2.80. The Hall–Kier alpha value is -3.49. The summed E-state index contributed by atoms with van der Waals surface area (Å²) in [6, 6.07) is 1.76. The summed E-state index contributed by atoms with van der Waals surface area (Å²) < 4.78 is 1.55. The van der Waals surface area contributed by atoms with Crippen molar-refractivity contribution in [3.05, 3.63) is 11.9 Å². The molecule has 1 aromatic rings. The fraction of sp³-hybridized carbons (Fsp3) is 0.462. The lowest BCUT2D eigenvalue weighted by Gasteiger charge is -1.96. The molecule has 0 spiro atoms. The van der Waals surface area contributed by atoms with Crippen LogP contribution in [0, 0.1) is 11.3 Å². The molecule has 1 heterocycles. The van der Waals surface area contributed by atoms with Crippen LogP contribution in [0.3, 0.4) is 0 Å². The van der Waals surface area contributed by atoms with Crippen molar-refractivity contribution < 1.29 is 34.5 Å². The molecule has 12 heteroatoms. The van der Waals surface area contributed by atoms with Gasteiger partial charge < -0.3 is 20.6 Å². The summed E-state index contributed by atoms with van der Waals surface area (Å²) in [7, 11) is 1.74. The average molecular weight is 359 g/mol. The minimum atomic E-state index is -0.833. The van der Waals surface area contributed by atoms with Crippen molar-refractivity contribution in [1.82, 2.24) is 20.3 Å². The quantitative estimate of drug-likeness (QED) is 0.552. The second-order valence-electron chi connectivity index (χ2n) is 4.05. The van der Waals surface area contributed by atoms with Gasteiger partial charge in [-0.1, -0.05) is 5.21 Å². The Kier molecular flexibility index (Phi) is 17.8. The van der Waals surface area contributed by atoms with Gasteiger partial charge in [0.2, 0.25) is 5.91 Å². The molecule has 1 amide bonds. The monoisotopic (exact) mass is 359 g/mol. The number of nitrogens with zero attached hydrogens (tertiary/aromatic N) is 4. The first-order valence-electron chi connectivity index (χ1n) is 6.49. The van der Waals surface area contributed by atoms with E-state index < -0.39 is 17.9 Å². The van der Waals surface area contributed by atoms with Crippen molar-refractivity contribution in [2.75, 3.05) is 0 Å². The van der Waals surface area contributed by atoms with Crippen LogP contribution in [-0.4, -0.2) is 54.1 Å². The highest BCUT2D eigenvalue weighted by Crippen LogP contribution is 1.90. The van der Waals surface area contributed by atoms with Gasteiger partial charge in [0, 0.05) is 34.0 Å². The van der Waals surface area contributed by atoms with Crippen molar-refractivity contribution in [1.29, 1.82) is 5.26 Å². The Morgan fingerprint density at radius 2 is 1.52 bits per heavy atom. The van der Waals surface area contributed by atoms with Gasteiger partial charge in [0.15, 0.2) is 0 Å². The number of hydrogen-bond donors (Lipinski definition) is 4. The van der Waals surface area contributed by atoms with Gasteiger partial charge in [-0.05, 0) is 0 Å². The molecule has 0 atom stereocenters. The zero-order valence-electron chi connectivity index (χ0n) is 14.3. The van der Waals surface area contributed by atoms with Gasteiger partial charge in [-0.3, -0.25) is 23.9 Å². The molecule has 0 aliphatic carbocycles. The minimum absolute atomic E-state index is 0.125. The summed E-state index contributed by atoms with van der Waals surface area (Å²) in [6.07, 6.45) is 1.58. The number of hydrogen-bond acceptors (Lipinski definition) is 7. The molecule has 0 fully saturated rings. The predicted molar refractivity (Wildman–Crippen MR) is 83.0 cm³/mol. The summed E-state index contributed by atoms with van der Waals surface area (Å²) in [6.45, 7) is 3.56. The highest BCUT2D eigenvalue weighted by molar-refractivity contribution is 5.77. The number of carboxylic acids is 3. The van der Waals surface area contributed by atoms with Crippen LogP contribution >= 0.6 is 0 Å². The van der Waals surface area contributed by atoms with Crippen LogP contribution in [0.5, 0.6) is 0 Å². The molecule has 0 radical (unpaired) electrons. The Labute approximate surface area is 143 Å². The third kappa shape index (κ3) is 38.5. The third-order valence-electron chi connectivity index (χ3n) is 1.36. The molecule has 0 aromatic carbocycles. The van der Waals surface area contributed by atoms with Crippen LogP contribution in [0.2, 0.25) is 0 Å². The second kappa shape index (κ2) is 16.9. The number of rotatable bonds is 3. The number of carbonyl (C=O) groups excluding carboxylic acids is 1. The molecule has 0 aliphatic rings. The maximum absolute atomic E-state index is 10.8.